The van der Waals surface area contributed by atoms with Gasteiger partial charge in [0, 0.05) is 13.1 Å². The molecule has 0 heterocycles. The van der Waals surface area contributed by atoms with Crippen LogP contribution in [-0.4, -0.2) is 54.8 Å². The third-order valence-corrected chi connectivity index (χ3v) is 6.93. The molecule has 1 unspecified atom stereocenters. The van der Waals surface area contributed by atoms with Crippen molar-refractivity contribution in [1.82, 2.24) is 9.62 Å². The number of aliphatic hydroxyl groups is 1. The molecule has 7 nitrogen and oxygen atoms in total. The molecular weight excluding hydrogens is 452 g/mol. The summed E-state index contributed by atoms with van der Waals surface area (Å²) in [6, 6.07) is 15.3. The molecule has 0 saturated heterocycles. The van der Waals surface area contributed by atoms with E-state index in [0.29, 0.717) is 6.42 Å². The standard InChI is InChI=1S/C26H38N2O5S/c1-19(2)17-28(34(31,32)22-14-12-20(3)13-15-22)18-24(29)23(16-21-10-8-7-9-11-21)27-25(30)33-26(4,5)6/h7-15,19,23-24,29H,16-18H2,1-6H3,(H,27,30)/t23-,24?/m0/s1. The molecule has 0 radical (unpaired) electrons. The van der Waals surface area contributed by atoms with Crippen molar-refractivity contribution < 1.29 is 23.1 Å². The molecule has 2 atom stereocenters. The fourth-order valence-corrected chi connectivity index (χ4v) is 5.11. The maximum absolute atomic E-state index is 13.4. The minimum absolute atomic E-state index is 0.0406. The van der Waals surface area contributed by atoms with Gasteiger partial charge < -0.3 is 15.2 Å². The number of amides is 1. The fraction of sp³-hybridized carbons (Fsp3) is 0.500. The number of benzene rings is 2. The Balaban J connectivity index is 2.30. The molecular formula is C26H38N2O5S. The first-order valence-corrected chi connectivity index (χ1v) is 13.0. The van der Waals surface area contributed by atoms with E-state index in [1.165, 1.54) is 4.31 Å². The van der Waals surface area contributed by atoms with Crippen LogP contribution in [0.1, 0.15) is 45.7 Å². The number of nitrogens with zero attached hydrogens (tertiary/aromatic N) is 1. The van der Waals surface area contributed by atoms with Crippen molar-refractivity contribution in [2.75, 3.05) is 13.1 Å². The summed E-state index contributed by atoms with van der Waals surface area (Å²) < 4.78 is 33.5. The lowest BCUT2D eigenvalue weighted by atomic mass is 10.0. The minimum atomic E-state index is -3.84. The Hall–Kier alpha value is -2.42. The monoisotopic (exact) mass is 490 g/mol. The number of carbonyl (C=O) groups excluding carboxylic acids is 1. The highest BCUT2D eigenvalue weighted by atomic mass is 32.2. The van der Waals surface area contributed by atoms with Crippen LogP contribution in [0, 0.1) is 12.8 Å². The molecule has 1 amide bonds. The topological polar surface area (TPSA) is 95.9 Å². The highest BCUT2D eigenvalue weighted by Crippen LogP contribution is 2.20. The van der Waals surface area contributed by atoms with E-state index in [1.54, 1.807) is 45.0 Å². The average molecular weight is 491 g/mol. The third-order valence-electron chi connectivity index (χ3n) is 5.08. The second kappa shape index (κ2) is 11.8. The number of nitrogens with one attached hydrogen (secondary N) is 1. The normalized spacial score (nSPS) is 14.1. The number of alkyl carbamates (subject to hydrolysis) is 1. The maximum atomic E-state index is 13.4. The third kappa shape index (κ3) is 8.74. The number of aryl methyl sites for hydroxylation is 1. The zero-order valence-corrected chi connectivity index (χ0v) is 21.8. The van der Waals surface area contributed by atoms with Gasteiger partial charge in [-0.2, -0.15) is 4.31 Å². The van der Waals surface area contributed by atoms with Gasteiger partial charge in [-0.15, -0.1) is 0 Å². The van der Waals surface area contributed by atoms with Gasteiger partial charge in [0.15, 0.2) is 0 Å². The lowest BCUT2D eigenvalue weighted by molar-refractivity contribution is 0.0400. The molecule has 2 N–H and O–H groups in total. The van der Waals surface area contributed by atoms with Crippen LogP contribution in [0.3, 0.4) is 0 Å². The Morgan fingerprint density at radius 1 is 1.03 bits per heavy atom. The molecule has 0 bridgehead atoms. The van der Waals surface area contributed by atoms with Gasteiger partial charge in [-0.05, 0) is 57.7 Å². The first kappa shape index (κ1) is 27.8. The molecule has 2 aromatic carbocycles. The van der Waals surface area contributed by atoms with Crippen molar-refractivity contribution in [3.05, 3.63) is 65.7 Å². The maximum Gasteiger partial charge on any atom is 0.407 e. The van der Waals surface area contributed by atoms with Crippen LogP contribution in [0.15, 0.2) is 59.5 Å². The molecule has 0 fully saturated rings. The van der Waals surface area contributed by atoms with Crippen LogP contribution in [0.2, 0.25) is 0 Å². The molecule has 34 heavy (non-hydrogen) atoms. The molecule has 8 heteroatoms. The average Bonchev–Trinajstić information content (AvgIpc) is 2.72. The van der Waals surface area contributed by atoms with Crippen LogP contribution in [0.25, 0.3) is 0 Å². The highest BCUT2D eigenvalue weighted by molar-refractivity contribution is 7.89. The summed E-state index contributed by atoms with van der Waals surface area (Å²) in [5.74, 6) is 0.0406. The lowest BCUT2D eigenvalue weighted by Crippen LogP contribution is -2.51. The van der Waals surface area contributed by atoms with Gasteiger partial charge in [-0.25, -0.2) is 13.2 Å². The van der Waals surface area contributed by atoms with Crippen LogP contribution < -0.4 is 5.32 Å². The van der Waals surface area contributed by atoms with Gasteiger partial charge in [0.2, 0.25) is 10.0 Å². The number of ether oxygens (including phenoxy) is 1. The largest absolute Gasteiger partial charge is 0.444 e. The van der Waals surface area contributed by atoms with Gasteiger partial charge >= 0.3 is 6.09 Å². The van der Waals surface area contributed by atoms with E-state index in [0.717, 1.165) is 11.1 Å². The molecule has 0 aromatic heterocycles. The van der Waals surface area contributed by atoms with Crippen molar-refractivity contribution in [2.45, 2.75) is 70.6 Å². The second-order valence-corrected chi connectivity index (χ2v) is 12.0. The van der Waals surface area contributed by atoms with Crippen LogP contribution in [0.4, 0.5) is 4.79 Å². The Labute approximate surface area is 204 Å². The van der Waals surface area contributed by atoms with Crippen molar-refractivity contribution in [3.63, 3.8) is 0 Å². The van der Waals surface area contributed by atoms with Crippen molar-refractivity contribution in [2.24, 2.45) is 5.92 Å². The highest BCUT2D eigenvalue weighted by Gasteiger charge is 2.32. The van der Waals surface area contributed by atoms with Gasteiger partial charge in [0.05, 0.1) is 17.0 Å². The quantitative estimate of drug-likeness (QED) is 0.522. The van der Waals surface area contributed by atoms with E-state index >= 15 is 0 Å². The van der Waals surface area contributed by atoms with Gasteiger partial charge in [0.25, 0.3) is 0 Å². The number of carbonyl (C=O) groups is 1. The van der Waals surface area contributed by atoms with Crippen LogP contribution in [-0.2, 0) is 21.2 Å². The van der Waals surface area contributed by atoms with Crippen LogP contribution in [0.5, 0.6) is 0 Å². The lowest BCUT2D eigenvalue weighted by Gasteiger charge is -2.31. The van der Waals surface area contributed by atoms with Gasteiger partial charge in [0.1, 0.15) is 5.60 Å². The van der Waals surface area contributed by atoms with Crippen molar-refractivity contribution in [1.29, 1.82) is 0 Å². The number of rotatable bonds is 10. The van der Waals surface area contributed by atoms with Crippen molar-refractivity contribution >= 4 is 16.1 Å². The van der Waals surface area contributed by atoms with E-state index in [-0.39, 0.29) is 23.9 Å². The van der Waals surface area contributed by atoms with Crippen molar-refractivity contribution in [3.8, 4) is 0 Å². The van der Waals surface area contributed by atoms with E-state index < -0.39 is 33.9 Å². The van der Waals surface area contributed by atoms with Gasteiger partial charge in [-0.3, -0.25) is 0 Å². The summed E-state index contributed by atoms with van der Waals surface area (Å²) in [6.07, 6.45) is -1.50. The van der Waals surface area contributed by atoms with E-state index in [9.17, 15) is 18.3 Å². The Morgan fingerprint density at radius 3 is 2.15 bits per heavy atom. The molecule has 0 spiro atoms. The number of sulfonamides is 1. The first-order chi connectivity index (χ1) is 15.8. The predicted molar refractivity (Wildman–Crippen MR) is 134 cm³/mol. The smallest absolute Gasteiger partial charge is 0.407 e. The Kier molecular flexibility index (Phi) is 9.67. The van der Waals surface area contributed by atoms with Crippen LogP contribution >= 0.6 is 0 Å². The summed E-state index contributed by atoms with van der Waals surface area (Å²) in [5, 5.41) is 13.9. The Morgan fingerprint density at radius 2 is 1.62 bits per heavy atom. The molecule has 0 saturated carbocycles. The number of hydrogen-bond acceptors (Lipinski definition) is 5. The summed E-state index contributed by atoms with van der Waals surface area (Å²) in [7, 11) is -3.84. The summed E-state index contributed by atoms with van der Waals surface area (Å²) >= 11 is 0. The zero-order chi connectivity index (χ0) is 25.5. The molecule has 2 aromatic rings. The first-order valence-electron chi connectivity index (χ1n) is 11.6. The fourth-order valence-electron chi connectivity index (χ4n) is 3.48. The molecule has 0 aliphatic heterocycles. The van der Waals surface area contributed by atoms with E-state index in [2.05, 4.69) is 5.32 Å². The summed E-state index contributed by atoms with van der Waals surface area (Å²) in [5.41, 5.74) is 1.16. The number of hydrogen-bond donors (Lipinski definition) is 2. The Bertz CT molecular complexity index is 1020. The molecule has 2 rings (SSSR count). The predicted octanol–water partition coefficient (Wildman–Crippen LogP) is 4.14. The minimum Gasteiger partial charge on any atom is -0.444 e. The summed E-state index contributed by atoms with van der Waals surface area (Å²) in [6.45, 7) is 11.1. The van der Waals surface area contributed by atoms with Gasteiger partial charge in [-0.1, -0.05) is 61.9 Å². The SMILES string of the molecule is Cc1ccc(S(=O)(=O)N(CC(C)C)CC(O)[C@H](Cc2ccccc2)NC(=O)OC(C)(C)C)cc1. The molecule has 0 aliphatic rings. The molecule has 188 valence electrons. The second-order valence-electron chi connectivity index (χ2n) is 10.0. The van der Waals surface area contributed by atoms with E-state index in [4.69, 9.17) is 4.74 Å². The number of aliphatic hydroxyl groups excluding tert-OH is 1. The molecule has 0 aliphatic carbocycles. The zero-order valence-electron chi connectivity index (χ0n) is 21.0. The summed E-state index contributed by atoms with van der Waals surface area (Å²) in [4.78, 5) is 12.7. The van der Waals surface area contributed by atoms with E-state index in [1.807, 2.05) is 51.1 Å².